The number of carbonyl (C=O) groups excluding carboxylic acids is 1. The second kappa shape index (κ2) is 10.1. The number of amides is 1. The number of rotatable bonds is 3. The van der Waals surface area contributed by atoms with Crippen molar-refractivity contribution in [2.45, 2.75) is 88.9 Å². The molecule has 6 rings (SSSR count). The van der Waals surface area contributed by atoms with Crippen LogP contribution in [0.15, 0.2) is 42.5 Å². The highest BCUT2D eigenvalue weighted by molar-refractivity contribution is 6.31. The van der Waals surface area contributed by atoms with Gasteiger partial charge < -0.3 is 19.4 Å². The minimum Gasteiger partial charge on any atom is -0.450 e. The summed E-state index contributed by atoms with van der Waals surface area (Å²) in [4.78, 5) is 20.1. The summed E-state index contributed by atoms with van der Waals surface area (Å²) in [6.45, 7) is 8.74. The van der Waals surface area contributed by atoms with Gasteiger partial charge in [0.2, 0.25) is 0 Å². The number of ether oxygens (including phenoxy) is 1. The molecule has 4 aliphatic rings. The molecule has 5 nitrogen and oxygen atoms in total. The van der Waals surface area contributed by atoms with E-state index in [4.69, 9.17) is 16.3 Å². The van der Waals surface area contributed by atoms with Crippen molar-refractivity contribution in [2.75, 3.05) is 31.1 Å². The molecule has 3 atom stereocenters. The molecule has 3 unspecified atom stereocenters. The Morgan fingerprint density at radius 3 is 2.51 bits per heavy atom. The van der Waals surface area contributed by atoms with Gasteiger partial charge in [-0.3, -0.25) is 0 Å². The minimum atomic E-state index is -0.0930. The lowest BCUT2D eigenvalue weighted by atomic mass is 9.68. The van der Waals surface area contributed by atoms with Gasteiger partial charge in [-0.05, 0) is 107 Å². The molecule has 0 N–H and O–H groups in total. The van der Waals surface area contributed by atoms with E-state index in [1.165, 1.54) is 30.5 Å². The fourth-order valence-electron chi connectivity index (χ4n) is 7.76. The molecule has 3 saturated heterocycles. The van der Waals surface area contributed by atoms with Gasteiger partial charge >= 0.3 is 6.09 Å². The van der Waals surface area contributed by atoms with Crippen molar-refractivity contribution in [1.82, 2.24) is 9.80 Å². The average Bonchev–Trinajstić information content (AvgIpc) is 3.20. The first-order valence-corrected chi connectivity index (χ1v) is 14.6. The summed E-state index contributed by atoms with van der Waals surface area (Å²) in [5.74, 6) is 0. The van der Waals surface area contributed by atoms with Crippen LogP contribution in [0, 0.1) is 6.92 Å². The molecule has 198 valence electrons. The highest BCUT2D eigenvalue weighted by Gasteiger charge is 2.46. The van der Waals surface area contributed by atoms with Crippen LogP contribution in [0.1, 0.15) is 68.6 Å². The van der Waals surface area contributed by atoms with Crippen LogP contribution in [0.4, 0.5) is 10.5 Å². The number of benzene rings is 2. The first-order valence-electron chi connectivity index (χ1n) is 14.3. The Hall–Kier alpha value is -2.24. The summed E-state index contributed by atoms with van der Waals surface area (Å²) in [6.07, 6.45) is 7.92. The van der Waals surface area contributed by atoms with E-state index in [-0.39, 0.29) is 11.5 Å². The highest BCUT2D eigenvalue weighted by atomic mass is 35.5. The molecule has 1 spiro atoms. The van der Waals surface area contributed by atoms with Crippen molar-refractivity contribution < 1.29 is 9.53 Å². The first-order chi connectivity index (χ1) is 18.0. The zero-order valence-electron chi connectivity index (χ0n) is 22.3. The number of hydrogen-bond acceptors (Lipinski definition) is 4. The van der Waals surface area contributed by atoms with Gasteiger partial charge in [0, 0.05) is 47.3 Å². The van der Waals surface area contributed by atoms with Crippen LogP contribution < -0.4 is 4.90 Å². The maximum Gasteiger partial charge on any atom is 0.410 e. The van der Waals surface area contributed by atoms with E-state index in [9.17, 15) is 4.79 Å². The normalized spacial score (nSPS) is 27.2. The second-order valence-corrected chi connectivity index (χ2v) is 12.1. The van der Waals surface area contributed by atoms with Crippen LogP contribution >= 0.6 is 11.6 Å². The van der Waals surface area contributed by atoms with Gasteiger partial charge in [-0.1, -0.05) is 35.9 Å². The van der Waals surface area contributed by atoms with E-state index >= 15 is 0 Å². The molecule has 2 bridgehead atoms. The molecule has 0 aliphatic carbocycles. The van der Waals surface area contributed by atoms with Crippen LogP contribution in [0.5, 0.6) is 0 Å². The molecule has 1 amide bonds. The lowest BCUT2D eigenvalue weighted by Gasteiger charge is -2.50. The number of piperidine rings is 1. The summed E-state index contributed by atoms with van der Waals surface area (Å²) in [5.41, 5.74) is 5.62. The third-order valence-electron chi connectivity index (χ3n) is 9.70. The molecule has 3 fully saturated rings. The molecule has 2 aromatic rings. The third-order valence-corrected chi connectivity index (χ3v) is 10.1. The Morgan fingerprint density at radius 2 is 1.76 bits per heavy atom. The largest absolute Gasteiger partial charge is 0.450 e. The predicted molar refractivity (Wildman–Crippen MR) is 149 cm³/mol. The lowest BCUT2D eigenvalue weighted by molar-refractivity contribution is 0.0799. The maximum atomic E-state index is 12.7. The third kappa shape index (κ3) is 4.63. The summed E-state index contributed by atoms with van der Waals surface area (Å²) >= 11 is 6.36. The van der Waals surface area contributed by atoms with E-state index in [2.05, 4.69) is 58.0 Å². The number of likely N-dealkylation sites (tertiary alicyclic amines) is 1. The Labute approximate surface area is 226 Å². The molecule has 4 aliphatic heterocycles. The molecule has 6 heteroatoms. The molecule has 0 radical (unpaired) electrons. The summed E-state index contributed by atoms with van der Waals surface area (Å²) in [7, 11) is 0. The number of nitrogens with zero attached hydrogens (tertiary/aromatic N) is 3. The Balaban J connectivity index is 1.19. The smallest absolute Gasteiger partial charge is 0.410 e. The molecule has 37 heavy (non-hydrogen) atoms. The molecule has 0 saturated carbocycles. The lowest BCUT2D eigenvalue weighted by Crippen LogP contribution is -2.54. The zero-order chi connectivity index (χ0) is 25.6. The molecular formula is C31H40ClN3O2. The number of hydrogen-bond donors (Lipinski definition) is 0. The van der Waals surface area contributed by atoms with Gasteiger partial charge in [0.1, 0.15) is 0 Å². The van der Waals surface area contributed by atoms with Crippen LogP contribution in [0.25, 0.3) is 0 Å². The van der Waals surface area contributed by atoms with Crippen LogP contribution in [0.2, 0.25) is 5.02 Å². The monoisotopic (exact) mass is 521 g/mol. The minimum absolute atomic E-state index is 0.0930. The Bertz CT molecular complexity index is 1150. The number of halogens is 1. The molecular weight excluding hydrogens is 482 g/mol. The van der Waals surface area contributed by atoms with E-state index in [1.807, 2.05) is 13.0 Å². The highest BCUT2D eigenvalue weighted by Crippen LogP contribution is 2.45. The average molecular weight is 522 g/mol. The van der Waals surface area contributed by atoms with Crippen molar-refractivity contribution in [3.63, 3.8) is 0 Å². The molecule has 2 aromatic carbocycles. The Morgan fingerprint density at radius 1 is 1.03 bits per heavy atom. The second-order valence-electron chi connectivity index (χ2n) is 11.7. The quantitative estimate of drug-likeness (QED) is 0.459. The summed E-state index contributed by atoms with van der Waals surface area (Å²) in [5, 5.41) is 0.836. The molecule has 0 aromatic heterocycles. The number of carbonyl (C=O) groups is 1. The van der Waals surface area contributed by atoms with Crippen molar-refractivity contribution in [2.24, 2.45) is 0 Å². The van der Waals surface area contributed by atoms with E-state index in [0.29, 0.717) is 24.7 Å². The van der Waals surface area contributed by atoms with Crippen LogP contribution in [-0.4, -0.2) is 60.3 Å². The van der Waals surface area contributed by atoms with Crippen molar-refractivity contribution in [3.8, 4) is 0 Å². The van der Waals surface area contributed by atoms with E-state index < -0.39 is 0 Å². The first kappa shape index (κ1) is 25.1. The maximum absolute atomic E-state index is 12.7. The van der Waals surface area contributed by atoms with Gasteiger partial charge in [0.15, 0.2) is 0 Å². The van der Waals surface area contributed by atoms with Crippen LogP contribution in [0.3, 0.4) is 0 Å². The van der Waals surface area contributed by atoms with Gasteiger partial charge in [0.05, 0.1) is 6.61 Å². The fraction of sp³-hybridized carbons (Fsp3) is 0.581. The molecule has 4 heterocycles. The van der Waals surface area contributed by atoms with Crippen molar-refractivity contribution in [1.29, 1.82) is 0 Å². The SMILES string of the molecule is CCOC(=O)N1C2CCC(N3CCC4(CC3)CN(c3ccc(Cl)c(C)c3)Cc3ccccc34)CC1CC2. The van der Waals surface area contributed by atoms with Gasteiger partial charge in [0.25, 0.3) is 0 Å². The number of aryl methyl sites for hydroxylation is 1. The van der Waals surface area contributed by atoms with E-state index in [0.717, 1.165) is 62.4 Å². The van der Waals surface area contributed by atoms with Crippen molar-refractivity contribution >= 4 is 23.4 Å². The number of fused-ring (bicyclic) bond motifs is 4. The Kier molecular flexibility index (Phi) is 6.87. The van der Waals surface area contributed by atoms with Crippen molar-refractivity contribution in [3.05, 3.63) is 64.2 Å². The van der Waals surface area contributed by atoms with Gasteiger partial charge in [-0.15, -0.1) is 0 Å². The summed E-state index contributed by atoms with van der Waals surface area (Å²) < 4.78 is 5.43. The van der Waals surface area contributed by atoms with Gasteiger partial charge in [-0.2, -0.15) is 0 Å². The summed E-state index contributed by atoms with van der Waals surface area (Å²) in [6, 6.07) is 16.9. The standard InChI is InChI=1S/C31H40ClN3O2/c1-3-37-30(36)35-24-8-10-26(19-27(35)11-9-24)33-16-14-31(15-17-33)21-34(20-23-6-4-5-7-28(23)31)25-12-13-29(32)22(2)18-25/h4-7,12-13,18,24,26-27H,3,8-11,14-17,19-21H2,1-2H3. The van der Waals surface area contributed by atoms with Crippen LogP contribution in [-0.2, 0) is 16.7 Å². The topological polar surface area (TPSA) is 36.0 Å². The zero-order valence-corrected chi connectivity index (χ0v) is 23.1. The van der Waals surface area contributed by atoms with Gasteiger partial charge in [-0.25, -0.2) is 4.79 Å². The van der Waals surface area contributed by atoms with E-state index in [1.54, 1.807) is 5.56 Å². The predicted octanol–water partition coefficient (Wildman–Crippen LogP) is 6.54. The fourth-order valence-corrected chi connectivity index (χ4v) is 7.88. The number of anilines is 1.